The summed E-state index contributed by atoms with van der Waals surface area (Å²) in [4.78, 5) is 45.4. The average molecular weight is 380 g/mol. The molecule has 2 amide bonds. The number of aliphatic hydroxyl groups is 1. The van der Waals surface area contributed by atoms with Gasteiger partial charge in [0.1, 0.15) is 18.4 Å². The first-order valence-electron chi connectivity index (χ1n) is 8.42. The van der Waals surface area contributed by atoms with Crippen LogP contribution in [0, 0.1) is 0 Å². The summed E-state index contributed by atoms with van der Waals surface area (Å²) in [5.74, 6) is -2.15. The lowest BCUT2D eigenvalue weighted by Gasteiger charge is -2.16. The van der Waals surface area contributed by atoms with E-state index in [9.17, 15) is 24.3 Å². The minimum absolute atomic E-state index is 0.0224. The normalized spacial score (nSPS) is 12.5. The molecular weight excluding hydrogens is 356 g/mol. The molecular formula is C18H24N2O7. The lowest BCUT2D eigenvalue weighted by molar-refractivity contribution is -0.142. The van der Waals surface area contributed by atoms with Crippen LogP contribution in [0.15, 0.2) is 30.3 Å². The summed E-state index contributed by atoms with van der Waals surface area (Å²) >= 11 is 0. The highest BCUT2D eigenvalue weighted by Gasteiger charge is 2.22. The van der Waals surface area contributed by atoms with Gasteiger partial charge < -0.3 is 30.4 Å². The Morgan fingerprint density at radius 2 is 1.81 bits per heavy atom. The molecule has 0 aromatic heterocycles. The fraction of sp³-hybridized carbons (Fsp3) is 0.444. The molecule has 1 aromatic rings. The number of hydrogen-bond acceptors (Lipinski definition) is 6. The van der Waals surface area contributed by atoms with E-state index in [0.29, 0.717) is 0 Å². The fourth-order valence-electron chi connectivity index (χ4n) is 2.12. The highest BCUT2D eigenvalue weighted by atomic mass is 16.5. The standard InChI is InChI=1S/C18H24N2O7/c1-12(21)7-8-15(17(24)25)20-16(23)9-14(22)10-19-18(26)27-11-13-5-3-2-4-6-13/h2-6,14-15,22H,7-11H2,1H3,(H,19,26)(H,20,23)(H,24,25)/t14-,15+/m0/s1. The van der Waals surface area contributed by atoms with Gasteiger partial charge in [0.15, 0.2) is 0 Å². The van der Waals surface area contributed by atoms with Crippen LogP contribution in [0.25, 0.3) is 0 Å². The summed E-state index contributed by atoms with van der Waals surface area (Å²) in [6, 6.07) is 7.81. The molecule has 9 heteroatoms. The van der Waals surface area contributed by atoms with E-state index in [2.05, 4.69) is 10.6 Å². The second-order valence-electron chi connectivity index (χ2n) is 6.00. The van der Waals surface area contributed by atoms with Crippen LogP contribution in [0.4, 0.5) is 4.79 Å². The molecule has 0 bridgehead atoms. The van der Waals surface area contributed by atoms with Crippen LogP contribution in [0.2, 0.25) is 0 Å². The van der Waals surface area contributed by atoms with E-state index in [0.717, 1.165) is 5.56 Å². The Balaban J connectivity index is 2.30. The number of amides is 2. The molecule has 2 atom stereocenters. The third kappa shape index (κ3) is 9.95. The molecule has 0 saturated heterocycles. The number of carbonyl (C=O) groups excluding carboxylic acids is 3. The van der Waals surface area contributed by atoms with Crippen molar-refractivity contribution in [3.8, 4) is 0 Å². The number of carboxylic acids is 1. The minimum Gasteiger partial charge on any atom is -0.480 e. The summed E-state index contributed by atoms with van der Waals surface area (Å²) in [6.45, 7) is 1.17. The molecule has 9 nitrogen and oxygen atoms in total. The third-order valence-corrected chi connectivity index (χ3v) is 3.53. The van der Waals surface area contributed by atoms with E-state index in [1.807, 2.05) is 6.07 Å². The minimum atomic E-state index is -1.26. The van der Waals surface area contributed by atoms with Crippen LogP contribution in [0.3, 0.4) is 0 Å². The van der Waals surface area contributed by atoms with Crippen LogP contribution < -0.4 is 10.6 Å². The molecule has 1 aromatic carbocycles. The van der Waals surface area contributed by atoms with Gasteiger partial charge in [-0.3, -0.25) is 4.79 Å². The SMILES string of the molecule is CC(=O)CC[C@@H](NC(=O)C[C@H](O)CNC(=O)OCc1ccccc1)C(=O)O. The van der Waals surface area contributed by atoms with Gasteiger partial charge in [0.05, 0.1) is 12.5 Å². The first-order valence-corrected chi connectivity index (χ1v) is 8.42. The van der Waals surface area contributed by atoms with Gasteiger partial charge in [-0.25, -0.2) is 9.59 Å². The van der Waals surface area contributed by atoms with E-state index in [4.69, 9.17) is 9.84 Å². The number of carboxylic acid groups (broad SMARTS) is 1. The van der Waals surface area contributed by atoms with Crippen molar-refractivity contribution in [1.82, 2.24) is 10.6 Å². The summed E-state index contributed by atoms with van der Waals surface area (Å²) in [6.07, 6.45) is -2.37. The molecule has 0 unspecified atom stereocenters. The lowest BCUT2D eigenvalue weighted by atomic mass is 10.1. The fourth-order valence-corrected chi connectivity index (χ4v) is 2.12. The maximum absolute atomic E-state index is 11.8. The van der Waals surface area contributed by atoms with Crippen molar-refractivity contribution in [1.29, 1.82) is 0 Å². The monoisotopic (exact) mass is 380 g/mol. The molecule has 0 aliphatic rings. The Labute approximate surface area is 156 Å². The number of rotatable bonds is 11. The Kier molecular flexibility index (Phi) is 9.52. The van der Waals surface area contributed by atoms with Crippen LogP contribution >= 0.6 is 0 Å². The predicted octanol–water partition coefficient (Wildman–Crippen LogP) is 0.602. The quantitative estimate of drug-likeness (QED) is 0.440. The zero-order valence-electron chi connectivity index (χ0n) is 15.0. The number of aliphatic carboxylic acids is 1. The Morgan fingerprint density at radius 1 is 1.15 bits per heavy atom. The van der Waals surface area contributed by atoms with Crippen molar-refractivity contribution < 1.29 is 34.1 Å². The predicted molar refractivity (Wildman–Crippen MR) is 94.7 cm³/mol. The van der Waals surface area contributed by atoms with E-state index in [1.165, 1.54) is 6.92 Å². The van der Waals surface area contributed by atoms with Gasteiger partial charge in [0, 0.05) is 13.0 Å². The van der Waals surface area contributed by atoms with Crippen LogP contribution in [0.5, 0.6) is 0 Å². The van der Waals surface area contributed by atoms with Crippen LogP contribution in [0.1, 0.15) is 31.7 Å². The Bertz CT molecular complexity index is 648. The van der Waals surface area contributed by atoms with Crippen molar-refractivity contribution in [3.05, 3.63) is 35.9 Å². The van der Waals surface area contributed by atoms with Crippen molar-refractivity contribution in [2.45, 2.75) is 44.9 Å². The first kappa shape index (κ1) is 22.1. The van der Waals surface area contributed by atoms with E-state index >= 15 is 0 Å². The molecule has 27 heavy (non-hydrogen) atoms. The Morgan fingerprint density at radius 3 is 2.41 bits per heavy atom. The average Bonchev–Trinajstić information content (AvgIpc) is 2.62. The van der Waals surface area contributed by atoms with Gasteiger partial charge >= 0.3 is 12.1 Å². The van der Waals surface area contributed by atoms with Crippen molar-refractivity contribution in [3.63, 3.8) is 0 Å². The number of ether oxygens (including phenoxy) is 1. The number of aliphatic hydroxyl groups excluding tert-OH is 1. The third-order valence-electron chi connectivity index (χ3n) is 3.53. The molecule has 0 aliphatic carbocycles. The number of ketones is 1. The second kappa shape index (κ2) is 11.6. The molecule has 0 fully saturated rings. The van der Waals surface area contributed by atoms with Crippen molar-refractivity contribution >= 4 is 23.8 Å². The molecule has 0 spiro atoms. The summed E-state index contributed by atoms with van der Waals surface area (Å²) in [7, 11) is 0. The zero-order chi connectivity index (χ0) is 20.2. The van der Waals surface area contributed by atoms with Gasteiger partial charge in [-0.2, -0.15) is 0 Å². The molecule has 0 heterocycles. The van der Waals surface area contributed by atoms with Gasteiger partial charge in [-0.15, -0.1) is 0 Å². The molecule has 0 aliphatic heterocycles. The molecule has 0 saturated carbocycles. The smallest absolute Gasteiger partial charge is 0.407 e. The number of hydrogen-bond donors (Lipinski definition) is 4. The molecule has 0 radical (unpaired) electrons. The Hall–Kier alpha value is -2.94. The van der Waals surface area contributed by atoms with E-state index in [1.54, 1.807) is 24.3 Å². The lowest BCUT2D eigenvalue weighted by Crippen LogP contribution is -2.43. The molecule has 1 rings (SSSR count). The van der Waals surface area contributed by atoms with Crippen molar-refractivity contribution in [2.75, 3.05) is 6.54 Å². The summed E-state index contributed by atoms with van der Waals surface area (Å²) in [5, 5.41) is 23.4. The molecule has 148 valence electrons. The summed E-state index contributed by atoms with van der Waals surface area (Å²) < 4.78 is 4.96. The van der Waals surface area contributed by atoms with E-state index in [-0.39, 0.29) is 31.8 Å². The number of carbonyl (C=O) groups is 4. The molecule has 4 N–H and O–H groups in total. The van der Waals surface area contributed by atoms with Crippen LogP contribution in [-0.2, 0) is 25.7 Å². The van der Waals surface area contributed by atoms with Crippen molar-refractivity contribution in [2.24, 2.45) is 0 Å². The maximum Gasteiger partial charge on any atom is 0.407 e. The number of benzene rings is 1. The largest absolute Gasteiger partial charge is 0.480 e. The van der Waals surface area contributed by atoms with Crippen LogP contribution in [-0.4, -0.2) is 52.7 Å². The van der Waals surface area contributed by atoms with Gasteiger partial charge in [0.2, 0.25) is 5.91 Å². The summed E-state index contributed by atoms with van der Waals surface area (Å²) in [5.41, 5.74) is 0.804. The maximum atomic E-state index is 11.8. The first-order chi connectivity index (χ1) is 12.8. The number of alkyl carbamates (subject to hydrolysis) is 1. The topological polar surface area (TPSA) is 142 Å². The van der Waals surface area contributed by atoms with Gasteiger partial charge in [-0.1, -0.05) is 30.3 Å². The highest BCUT2D eigenvalue weighted by molar-refractivity contribution is 5.84. The highest BCUT2D eigenvalue weighted by Crippen LogP contribution is 2.02. The van der Waals surface area contributed by atoms with E-state index < -0.39 is 36.5 Å². The van der Waals surface area contributed by atoms with Gasteiger partial charge in [0.25, 0.3) is 0 Å². The number of Topliss-reactive ketones (excluding diaryl/α,β-unsaturated/α-hetero) is 1. The van der Waals surface area contributed by atoms with Gasteiger partial charge in [-0.05, 0) is 18.9 Å². The zero-order valence-corrected chi connectivity index (χ0v) is 15.0. The second-order valence-corrected chi connectivity index (χ2v) is 6.00. The number of nitrogens with one attached hydrogen (secondary N) is 2.